The highest BCUT2D eigenvalue weighted by Gasteiger charge is 2.20. The summed E-state index contributed by atoms with van der Waals surface area (Å²) in [6, 6.07) is 14.1. The molecule has 0 aliphatic carbocycles. The second-order valence-corrected chi connectivity index (χ2v) is 5.69. The van der Waals surface area contributed by atoms with Gasteiger partial charge in [-0.15, -0.1) is 0 Å². The fourth-order valence-corrected chi connectivity index (χ4v) is 2.82. The summed E-state index contributed by atoms with van der Waals surface area (Å²) >= 11 is 0. The molecule has 1 amide bonds. The van der Waals surface area contributed by atoms with Gasteiger partial charge in [-0.1, -0.05) is 36.3 Å². The van der Waals surface area contributed by atoms with Crippen LogP contribution >= 0.6 is 0 Å². The molecule has 0 fully saturated rings. The lowest BCUT2D eigenvalue weighted by Gasteiger charge is -2.27. The van der Waals surface area contributed by atoms with Crippen LogP contribution in [0.5, 0.6) is 0 Å². The zero-order chi connectivity index (χ0) is 15.5. The number of hydrogen-bond donors (Lipinski definition) is 0. The highest BCUT2D eigenvalue weighted by Crippen LogP contribution is 2.26. The number of anilines is 1. The number of nitrogens with zero attached hydrogens (tertiary/aromatic N) is 1. The van der Waals surface area contributed by atoms with Crippen molar-refractivity contribution in [2.24, 2.45) is 0 Å². The van der Waals surface area contributed by atoms with E-state index in [4.69, 9.17) is 0 Å². The zero-order valence-electron chi connectivity index (χ0n) is 13.0. The Labute approximate surface area is 131 Å². The molecule has 0 spiro atoms. The van der Waals surface area contributed by atoms with E-state index < -0.39 is 0 Å². The van der Waals surface area contributed by atoms with Gasteiger partial charge in [0.1, 0.15) is 0 Å². The van der Waals surface area contributed by atoms with Crippen LogP contribution in [0.3, 0.4) is 0 Å². The van der Waals surface area contributed by atoms with Gasteiger partial charge < -0.3 is 4.90 Å². The summed E-state index contributed by atoms with van der Waals surface area (Å²) in [5.41, 5.74) is 5.51. The highest BCUT2D eigenvalue weighted by atomic mass is 16.2. The lowest BCUT2D eigenvalue weighted by atomic mass is 10.0. The molecule has 0 aromatic heterocycles. The van der Waals surface area contributed by atoms with Gasteiger partial charge in [-0.05, 0) is 55.5 Å². The quantitative estimate of drug-likeness (QED) is 0.678. The van der Waals surface area contributed by atoms with E-state index in [1.807, 2.05) is 37.3 Å². The molecule has 1 aliphatic heterocycles. The number of aryl methyl sites for hydroxylation is 2. The van der Waals surface area contributed by atoms with Crippen molar-refractivity contribution >= 4 is 11.6 Å². The second kappa shape index (κ2) is 6.07. The number of hydrogen-bond acceptors (Lipinski definition) is 1. The monoisotopic (exact) mass is 289 g/mol. The number of rotatable bonds is 0. The SMILES string of the molecule is Cc1cccc(C#CC(=O)N2CCCc3ccccc32)c1C. The average Bonchev–Trinajstić information content (AvgIpc) is 2.55. The third kappa shape index (κ3) is 2.76. The van der Waals surface area contributed by atoms with Gasteiger partial charge in [0.25, 0.3) is 0 Å². The Morgan fingerprint density at radius 2 is 1.91 bits per heavy atom. The molecule has 110 valence electrons. The first kappa shape index (κ1) is 14.4. The molecular formula is C20H19NO. The number of para-hydroxylation sites is 1. The van der Waals surface area contributed by atoms with Crippen molar-refractivity contribution in [3.8, 4) is 11.8 Å². The molecule has 0 N–H and O–H groups in total. The summed E-state index contributed by atoms with van der Waals surface area (Å²) in [4.78, 5) is 14.3. The van der Waals surface area contributed by atoms with Crippen LogP contribution in [0.4, 0.5) is 5.69 Å². The largest absolute Gasteiger partial charge is 0.303 e. The maximum atomic E-state index is 12.5. The predicted molar refractivity (Wildman–Crippen MR) is 89.9 cm³/mol. The predicted octanol–water partition coefficient (Wildman–Crippen LogP) is 3.63. The number of carbonyl (C=O) groups is 1. The molecule has 0 atom stereocenters. The Balaban J connectivity index is 1.88. The molecule has 2 heteroatoms. The smallest absolute Gasteiger partial charge is 0.301 e. The number of fused-ring (bicyclic) bond motifs is 1. The average molecular weight is 289 g/mol. The lowest BCUT2D eigenvalue weighted by molar-refractivity contribution is -0.113. The minimum absolute atomic E-state index is 0.118. The van der Waals surface area contributed by atoms with E-state index in [1.54, 1.807) is 4.90 Å². The van der Waals surface area contributed by atoms with Crippen molar-refractivity contribution in [2.75, 3.05) is 11.4 Å². The van der Waals surface area contributed by atoms with Crippen molar-refractivity contribution < 1.29 is 4.79 Å². The summed E-state index contributed by atoms with van der Waals surface area (Å²) in [7, 11) is 0. The van der Waals surface area contributed by atoms with Crippen LogP contribution in [0, 0.1) is 25.7 Å². The summed E-state index contributed by atoms with van der Waals surface area (Å²) in [5, 5.41) is 0. The van der Waals surface area contributed by atoms with Gasteiger partial charge in [-0.25, -0.2) is 0 Å². The van der Waals surface area contributed by atoms with Crippen molar-refractivity contribution in [3.05, 3.63) is 64.7 Å². The van der Waals surface area contributed by atoms with Gasteiger partial charge in [0.15, 0.2) is 0 Å². The maximum Gasteiger partial charge on any atom is 0.303 e. The van der Waals surface area contributed by atoms with Crippen molar-refractivity contribution in [1.82, 2.24) is 0 Å². The van der Waals surface area contributed by atoms with E-state index in [-0.39, 0.29) is 5.91 Å². The molecule has 1 heterocycles. The van der Waals surface area contributed by atoms with E-state index in [1.165, 1.54) is 11.1 Å². The molecule has 1 aliphatic rings. The molecule has 0 bridgehead atoms. The van der Waals surface area contributed by atoms with Gasteiger partial charge in [0.2, 0.25) is 0 Å². The Kier molecular flexibility index (Phi) is 3.98. The Bertz CT molecular complexity index is 780. The summed E-state index contributed by atoms with van der Waals surface area (Å²) in [6.07, 6.45) is 2.03. The summed E-state index contributed by atoms with van der Waals surface area (Å²) in [5.74, 6) is 5.74. The molecule has 2 nitrogen and oxygen atoms in total. The van der Waals surface area contributed by atoms with Crippen LogP contribution in [-0.4, -0.2) is 12.5 Å². The minimum atomic E-state index is -0.118. The number of benzene rings is 2. The van der Waals surface area contributed by atoms with Crippen molar-refractivity contribution in [3.63, 3.8) is 0 Å². The fraction of sp³-hybridized carbons (Fsp3) is 0.250. The standard InChI is InChI=1S/C20H19NO/c1-15-7-5-9-17(16(15)2)12-13-20(22)21-14-6-10-18-8-3-4-11-19(18)21/h3-5,7-9,11H,6,10,14H2,1-2H3. The van der Waals surface area contributed by atoms with E-state index in [0.717, 1.165) is 36.2 Å². The van der Waals surface area contributed by atoms with Crippen LogP contribution in [0.25, 0.3) is 0 Å². The molecule has 0 saturated carbocycles. The molecular weight excluding hydrogens is 270 g/mol. The molecule has 22 heavy (non-hydrogen) atoms. The molecule has 0 saturated heterocycles. The topological polar surface area (TPSA) is 20.3 Å². The fourth-order valence-electron chi connectivity index (χ4n) is 2.82. The van der Waals surface area contributed by atoms with Crippen LogP contribution in [-0.2, 0) is 11.2 Å². The van der Waals surface area contributed by atoms with E-state index in [2.05, 4.69) is 30.9 Å². The zero-order valence-corrected chi connectivity index (χ0v) is 13.0. The van der Waals surface area contributed by atoms with Crippen molar-refractivity contribution in [1.29, 1.82) is 0 Å². The van der Waals surface area contributed by atoms with Gasteiger partial charge in [-0.3, -0.25) is 4.79 Å². The van der Waals surface area contributed by atoms with Gasteiger partial charge in [-0.2, -0.15) is 0 Å². The molecule has 2 aromatic carbocycles. The second-order valence-electron chi connectivity index (χ2n) is 5.69. The third-order valence-electron chi connectivity index (χ3n) is 4.26. The molecule has 0 unspecified atom stereocenters. The van der Waals surface area contributed by atoms with Crippen LogP contribution in [0.1, 0.15) is 28.7 Å². The Hall–Kier alpha value is -2.53. The van der Waals surface area contributed by atoms with E-state index >= 15 is 0 Å². The Morgan fingerprint density at radius 3 is 2.77 bits per heavy atom. The number of amides is 1. The first-order valence-corrected chi connectivity index (χ1v) is 7.64. The van der Waals surface area contributed by atoms with Gasteiger partial charge >= 0.3 is 5.91 Å². The van der Waals surface area contributed by atoms with Crippen LogP contribution in [0.15, 0.2) is 42.5 Å². The summed E-state index contributed by atoms with van der Waals surface area (Å²) < 4.78 is 0. The lowest BCUT2D eigenvalue weighted by Crippen LogP contribution is -2.34. The molecule has 2 aromatic rings. The maximum absolute atomic E-state index is 12.5. The molecule has 3 rings (SSSR count). The van der Waals surface area contributed by atoms with Gasteiger partial charge in [0, 0.05) is 23.7 Å². The van der Waals surface area contributed by atoms with Crippen LogP contribution in [0.2, 0.25) is 0 Å². The first-order chi connectivity index (χ1) is 10.7. The Morgan fingerprint density at radius 1 is 1.09 bits per heavy atom. The number of carbonyl (C=O) groups excluding carboxylic acids is 1. The van der Waals surface area contributed by atoms with Gasteiger partial charge in [0.05, 0.1) is 0 Å². The summed E-state index contributed by atoms with van der Waals surface area (Å²) in [6.45, 7) is 4.85. The van der Waals surface area contributed by atoms with E-state index in [0.29, 0.717) is 0 Å². The highest BCUT2D eigenvalue weighted by molar-refractivity contribution is 6.06. The third-order valence-corrected chi connectivity index (χ3v) is 4.26. The molecule has 0 radical (unpaired) electrons. The first-order valence-electron chi connectivity index (χ1n) is 7.64. The van der Waals surface area contributed by atoms with Crippen LogP contribution < -0.4 is 4.90 Å². The normalized spacial score (nSPS) is 13.1. The van der Waals surface area contributed by atoms with Crippen molar-refractivity contribution in [2.45, 2.75) is 26.7 Å². The minimum Gasteiger partial charge on any atom is -0.301 e. The van der Waals surface area contributed by atoms with E-state index in [9.17, 15) is 4.79 Å².